The number of aryl methyl sites for hydroxylation is 1. The maximum absolute atomic E-state index is 11.3. The van der Waals surface area contributed by atoms with E-state index in [1.165, 1.54) is 14.2 Å². The molecule has 0 radical (unpaired) electrons. The Hall–Kier alpha value is -2.17. The van der Waals surface area contributed by atoms with Gasteiger partial charge < -0.3 is 19.0 Å². The Morgan fingerprint density at radius 2 is 2.05 bits per heavy atom. The molecule has 0 saturated carbocycles. The molecule has 5 heteroatoms. The lowest BCUT2D eigenvalue weighted by Gasteiger charge is -2.06. The fourth-order valence-electron chi connectivity index (χ4n) is 2.17. The molecule has 2 rings (SSSR count). The Morgan fingerprint density at radius 1 is 1.32 bits per heavy atom. The number of aromatic carboxylic acids is 1. The number of furan rings is 1. The van der Waals surface area contributed by atoms with Crippen LogP contribution in [0, 0.1) is 0 Å². The minimum atomic E-state index is -1.07. The number of carbonyl (C=O) groups is 1. The molecule has 1 aromatic heterocycles. The molecule has 1 aromatic carbocycles. The van der Waals surface area contributed by atoms with Crippen LogP contribution in [0.2, 0.25) is 0 Å². The lowest BCUT2D eigenvalue weighted by Crippen LogP contribution is -1.99. The SMILES string of the molecule is CCCc1c(C(=O)O)oc2cc(OC)cc(OC)c12. The van der Waals surface area contributed by atoms with Crippen LogP contribution in [0.4, 0.5) is 0 Å². The molecule has 0 bridgehead atoms. The van der Waals surface area contributed by atoms with Crippen LogP contribution < -0.4 is 9.47 Å². The normalized spacial score (nSPS) is 10.7. The van der Waals surface area contributed by atoms with Crippen molar-refractivity contribution in [1.29, 1.82) is 0 Å². The topological polar surface area (TPSA) is 68.9 Å². The molecule has 0 unspecified atom stereocenters. The Balaban J connectivity index is 2.78. The second kappa shape index (κ2) is 5.22. The zero-order chi connectivity index (χ0) is 14.0. The quantitative estimate of drug-likeness (QED) is 0.898. The van der Waals surface area contributed by atoms with Crippen molar-refractivity contribution in [2.75, 3.05) is 14.2 Å². The molecule has 0 aliphatic carbocycles. The fourth-order valence-corrected chi connectivity index (χ4v) is 2.17. The highest BCUT2D eigenvalue weighted by Crippen LogP contribution is 2.37. The first-order valence-electron chi connectivity index (χ1n) is 6.03. The predicted octanol–water partition coefficient (Wildman–Crippen LogP) is 3.10. The molecule has 2 aromatic rings. The van der Waals surface area contributed by atoms with Gasteiger partial charge in [-0.15, -0.1) is 0 Å². The third kappa shape index (κ3) is 2.23. The van der Waals surface area contributed by atoms with E-state index in [2.05, 4.69) is 0 Å². The lowest BCUT2D eigenvalue weighted by molar-refractivity contribution is 0.0663. The first kappa shape index (κ1) is 13.3. The molecule has 0 fully saturated rings. The van der Waals surface area contributed by atoms with E-state index in [0.717, 1.165) is 6.42 Å². The Kier molecular flexibility index (Phi) is 3.64. The van der Waals surface area contributed by atoms with Crippen LogP contribution in [0.15, 0.2) is 16.5 Å². The second-order valence-electron chi connectivity index (χ2n) is 4.17. The van der Waals surface area contributed by atoms with Crippen molar-refractivity contribution >= 4 is 16.9 Å². The molecule has 0 amide bonds. The van der Waals surface area contributed by atoms with Crippen molar-refractivity contribution in [1.82, 2.24) is 0 Å². The Morgan fingerprint density at radius 3 is 2.58 bits per heavy atom. The molecule has 1 heterocycles. The van der Waals surface area contributed by atoms with Crippen LogP contribution in [0.1, 0.15) is 29.5 Å². The summed E-state index contributed by atoms with van der Waals surface area (Å²) in [4.78, 5) is 11.3. The van der Waals surface area contributed by atoms with Crippen molar-refractivity contribution in [2.24, 2.45) is 0 Å². The molecule has 0 aliphatic heterocycles. The highest BCUT2D eigenvalue weighted by atomic mass is 16.5. The molecule has 5 nitrogen and oxygen atoms in total. The summed E-state index contributed by atoms with van der Waals surface area (Å²) < 4.78 is 15.9. The van der Waals surface area contributed by atoms with Crippen molar-refractivity contribution in [2.45, 2.75) is 19.8 Å². The zero-order valence-corrected chi connectivity index (χ0v) is 11.1. The van der Waals surface area contributed by atoms with Gasteiger partial charge in [-0.3, -0.25) is 0 Å². The third-order valence-electron chi connectivity index (χ3n) is 2.98. The van der Waals surface area contributed by atoms with Crippen LogP contribution >= 0.6 is 0 Å². The number of carboxylic acids is 1. The van der Waals surface area contributed by atoms with E-state index in [0.29, 0.717) is 34.5 Å². The lowest BCUT2D eigenvalue weighted by atomic mass is 10.0. The molecule has 0 atom stereocenters. The maximum atomic E-state index is 11.3. The van der Waals surface area contributed by atoms with Gasteiger partial charge in [-0.1, -0.05) is 13.3 Å². The average molecular weight is 264 g/mol. The van der Waals surface area contributed by atoms with Crippen LogP contribution in [-0.4, -0.2) is 25.3 Å². The summed E-state index contributed by atoms with van der Waals surface area (Å²) in [7, 11) is 3.08. The van der Waals surface area contributed by atoms with Gasteiger partial charge >= 0.3 is 5.97 Å². The number of ether oxygens (including phenoxy) is 2. The molecule has 0 saturated heterocycles. The fraction of sp³-hybridized carbons (Fsp3) is 0.357. The third-order valence-corrected chi connectivity index (χ3v) is 2.98. The van der Waals surface area contributed by atoms with Gasteiger partial charge in [0, 0.05) is 17.7 Å². The number of benzene rings is 1. The standard InChI is InChI=1S/C14H16O5/c1-4-5-9-12-10(18-3)6-8(17-2)7-11(12)19-13(9)14(15)16/h6-7H,4-5H2,1-3H3,(H,15,16). The number of hydrogen-bond acceptors (Lipinski definition) is 4. The minimum Gasteiger partial charge on any atom is -0.496 e. The summed E-state index contributed by atoms with van der Waals surface area (Å²) in [6.07, 6.45) is 1.45. The monoisotopic (exact) mass is 264 g/mol. The van der Waals surface area contributed by atoms with Crippen molar-refractivity contribution in [3.8, 4) is 11.5 Å². The number of fused-ring (bicyclic) bond motifs is 1. The van der Waals surface area contributed by atoms with E-state index in [1.54, 1.807) is 12.1 Å². The van der Waals surface area contributed by atoms with E-state index < -0.39 is 5.97 Å². The van der Waals surface area contributed by atoms with Gasteiger partial charge in [0.2, 0.25) is 5.76 Å². The Labute approximate surface area is 110 Å². The first-order valence-corrected chi connectivity index (χ1v) is 6.03. The molecular formula is C14H16O5. The van der Waals surface area contributed by atoms with Crippen LogP contribution in [-0.2, 0) is 6.42 Å². The van der Waals surface area contributed by atoms with Crippen LogP contribution in [0.25, 0.3) is 11.0 Å². The van der Waals surface area contributed by atoms with E-state index in [4.69, 9.17) is 13.9 Å². The highest BCUT2D eigenvalue weighted by Gasteiger charge is 2.22. The molecule has 1 N–H and O–H groups in total. The van der Waals surface area contributed by atoms with Gasteiger partial charge in [0.15, 0.2) is 0 Å². The Bertz CT molecular complexity index is 612. The van der Waals surface area contributed by atoms with Gasteiger partial charge in [-0.05, 0) is 6.42 Å². The number of carboxylic acid groups (broad SMARTS) is 1. The number of rotatable bonds is 5. The van der Waals surface area contributed by atoms with Gasteiger partial charge in [0.05, 0.1) is 19.6 Å². The minimum absolute atomic E-state index is 0.0246. The second-order valence-corrected chi connectivity index (χ2v) is 4.17. The number of methoxy groups -OCH3 is 2. The zero-order valence-electron chi connectivity index (χ0n) is 11.1. The summed E-state index contributed by atoms with van der Waals surface area (Å²) in [5.74, 6) is 0.0382. The molecule has 19 heavy (non-hydrogen) atoms. The van der Waals surface area contributed by atoms with Gasteiger partial charge in [0.25, 0.3) is 0 Å². The largest absolute Gasteiger partial charge is 0.496 e. The van der Waals surface area contributed by atoms with Crippen molar-refractivity contribution in [3.05, 3.63) is 23.5 Å². The first-order chi connectivity index (χ1) is 9.12. The summed E-state index contributed by atoms with van der Waals surface area (Å²) in [5.41, 5.74) is 1.14. The van der Waals surface area contributed by atoms with Gasteiger partial charge in [-0.2, -0.15) is 0 Å². The molecule has 0 aliphatic rings. The van der Waals surface area contributed by atoms with Crippen molar-refractivity contribution < 1.29 is 23.8 Å². The summed E-state index contributed by atoms with van der Waals surface area (Å²) in [5, 5.41) is 9.93. The van der Waals surface area contributed by atoms with Gasteiger partial charge in [-0.25, -0.2) is 4.79 Å². The van der Waals surface area contributed by atoms with E-state index in [-0.39, 0.29) is 5.76 Å². The van der Waals surface area contributed by atoms with Gasteiger partial charge in [0.1, 0.15) is 17.1 Å². The summed E-state index contributed by atoms with van der Waals surface area (Å²) >= 11 is 0. The molecule has 102 valence electrons. The van der Waals surface area contributed by atoms with Crippen LogP contribution in [0.5, 0.6) is 11.5 Å². The summed E-state index contributed by atoms with van der Waals surface area (Å²) in [6.45, 7) is 1.99. The highest BCUT2D eigenvalue weighted by molar-refractivity contribution is 5.98. The van der Waals surface area contributed by atoms with Crippen molar-refractivity contribution in [3.63, 3.8) is 0 Å². The average Bonchev–Trinajstić information content (AvgIpc) is 2.77. The van der Waals surface area contributed by atoms with E-state index in [1.807, 2.05) is 6.92 Å². The maximum Gasteiger partial charge on any atom is 0.372 e. The van der Waals surface area contributed by atoms with Crippen LogP contribution in [0.3, 0.4) is 0 Å². The molecular weight excluding hydrogens is 248 g/mol. The molecule has 0 spiro atoms. The predicted molar refractivity (Wildman–Crippen MR) is 70.3 cm³/mol. The van der Waals surface area contributed by atoms with E-state index in [9.17, 15) is 9.90 Å². The number of hydrogen-bond donors (Lipinski definition) is 1. The summed E-state index contributed by atoms with van der Waals surface area (Å²) in [6, 6.07) is 3.39. The van der Waals surface area contributed by atoms with E-state index >= 15 is 0 Å². The smallest absolute Gasteiger partial charge is 0.372 e.